The van der Waals surface area contributed by atoms with Crippen molar-refractivity contribution in [1.82, 2.24) is 4.90 Å². The van der Waals surface area contributed by atoms with Crippen molar-refractivity contribution in [3.63, 3.8) is 0 Å². The molecule has 3 nitrogen and oxygen atoms in total. The molecule has 0 amide bonds. The van der Waals surface area contributed by atoms with Crippen LogP contribution in [0.25, 0.3) is 0 Å². The lowest BCUT2D eigenvalue weighted by Crippen LogP contribution is -2.50. The summed E-state index contributed by atoms with van der Waals surface area (Å²) >= 11 is 0. The lowest BCUT2D eigenvalue weighted by Gasteiger charge is -2.39. The number of hydrogen-bond acceptors (Lipinski definition) is 3. The van der Waals surface area contributed by atoms with Crippen LogP contribution in [0.2, 0.25) is 0 Å². The molecule has 1 aliphatic heterocycles. The Bertz CT molecular complexity index is 431. The first kappa shape index (κ1) is 12.9. The lowest BCUT2D eigenvalue weighted by molar-refractivity contribution is 0.0896. The summed E-state index contributed by atoms with van der Waals surface area (Å²) in [6, 6.07) is 9.38. The van der Waals surface area contributed by atoms with Crippen LogP contribution in [0.15, 0.2) is 24.3 Å². The summed E-state index contributed by atoms with van der Waals surface area (Å²) in [7, 11) is 0. The molecule has 0 radical (unpaired) electrons. The van der Waals surface area contributed by atoms with Gasteiger partial charge in [-0.3, -0.25) is 4.90 Å². The maximum Gasteiger partial charge on any atom is 0.124 e. The normalized spacial score (nSPS) is 26.1. The van der Waals surface area contributed by atoms with Crippen molar-refractivity contribution in [3.8, 4) is 5.75 Å². The first-order valence-corrected chi connectivity index (χ1v) is 7.54. The van der Waals surface area contributed by atoms with Gasteiger partial charge in [0.1, 0.15) is 12.4 Å². The largest absolute Gasteiger partial charge is 0.492 e. The molecule has 2 unspecified atom stereocenters. The molecule has 0 bridgehead atoms. The van der Waals surface area contributed by atoms with Crippen LogP contribution < -0.4 is 10.5 Å². The fraction of sp³-hybridized carbons (Fsp3) is 0.625. The third kappa shape index (κ3) is 2.63. The highest BCUT2D eigenvalue weighted by molar-refractivity contribution is 5.38. The van der Waals surface area contributed by atoms with Gasteiger partial charge in [-0.05, 0) is 31.9 Å². The molecule has 0 aromatic heterocycles. The summed E-state index contributed by atoms with van der Waals surface area (Å²) in [5, 5.41) is 0. The van der Waals surface area contributed by atoms with Crippen molar-refractivity contribution in [3.05, 3.63) is 29.8 Å². The number of hydrogen-bond donors (Lipinski definition) is 1. The van der Waals surface area contributed by atoms with E-state index in [9.17, 15) is 0 Å². The molecule has 3 rings (SSSR count). The second-order valence-electron chi connectivity index (χ2n) is 5.76. The van der Waals surface area contributed by atoms with Gasteiger partial charge in [-0.25, -0.2) is 0 Å². The van der Waals surface area contributed by atoms with E-state index in [1.54, 1.807) is 0 Å². The number of benzene rings is 1. The van der Waals surface area contributed by atoms with Crippen LogP contribution in [0.4, 0.5) is 0 Å². The van der Waals surface area contributed by atoms with Gasteiger partial charge < -0.3 is 10.5 Å². The summed E-state index contributed by atoms with van der Waals surface area (Å²) in [5.41, 5.74) is 7.67. The molecule has 1 heterocycles. The Hall–Kier alpha value is -1.06. The molecule has 0 saturated heterocycles. The molecule has 104 valence electrons. The minimum Gasteiger partial charge on any atom is -0.492 e. The first-order valence-electron chi connectivity index (χ1n) is 7.54. The summed E-state index contributed by atoms with van der Waals surface area (Å²) in [5.74, 6) is 0.970. The molecule has 2 N–H and O–H groups in total. The number of para-hydroxylation sites is 1. The summed E-state index contributed by atoms with van der Waals surface area (Å²) < 4.78 is 5.92. The Morgan fingerprint density at radius 1 is 1.32 bits per heavy atom. The standard InChI is InChI=1S/C16H24N2O/c1-2-3-10-18(12-8-9-12)14-11-19-15-7-5-4-6-13(15)16(14)17/h4-7,12,14,16H,2-3,8-11,17H2,1H3. The molecule has 1 saturated carbocycles. The zero-order chi connectivity index (χ0) is 13.2. The van der Waals surface area contributed by atoms with Gasteiger partial charge in [0.05, 0.1) is 12.1 Å². The average molecular weight is 260 g/mol. The number of rotatable bonds is 5. The Morgan fingerprint density at radius 3 is 2.84 bits per heavy atom. The molecular formula is C16H24N2O. The molecule has 0 spiro atoms. The molecular weight excluding hydrogens is 236 g/mol. The van der Waals surface area contributed by atoms with Gasteiger partial charge in [0.25, 0.3) is 0 Å². The van der Waals surface area contributed by atoms with E-state index in [0.717, 1.165) is 24.9 Å². The Balaban J connectivity index is 1.77. The second kappa shape index (κ2) is 5.51. The molecule has 1 fully saturated rings. The Kier molecular flexibility index (Phi) is 3.76. The second-order valence-corrected chi connectivity index (χ2v) is 5.76. The highest BCUT2D eigenvalue weighted by Crippen LogP contribution is 2.37. The molecule has 2 atom stereocenters. The number of nitrogens with zero attached hydrogens (tertiary/aromatic N) is 1. The molecule has 19 heavy (non-hydrogen) atoms. The van der Waals surface area contributed by atoms with E-state index >= 15 is 0 Å². The predicted octanol–water partition coefficient (Wildman–Crippen LogP) is 2.71. The lowest BCUT2D eigenvalue weighted by atomic mass is 9.95. The topological polar surface area (TPSA) is 38.5 Å². The molecule has 3 heteroatoms. The maximum absolute atomic E-state index is 6.51. The van der Waals surface area contributed by atoms with Crippen LogP contribution in [0, 0.1) is 0 Å². The van der Waals surface area contributed by atoms with Crippen LogP contribution in [-0.2, 0) is 0 Å². The van der Waals surface area contributed by atoms with E-state index in [1.807, 2.05) is 12.1 Å². The average Bonchev–Trinajstić information content (AvgIpc) is 3.26. The van der Waals surface area contributed by atoms with Gasteiger partial charge in [0.2, 0.25) is 0 Å². The molecule has 1 aliphatic carbocycles. The van der Waals surface area contributed by atoms with Crippen LogP contribution >= 0.6 is 0 Å². The van der Waals surface area contributed by atoms with Crippen LogP contribution in [0.5, 0.6) is 5.75 Å². The number of nitrogens with two attached hydrogens (primary N) is 1. The van der Waals surface area contributed by atoms with Gasteiger partial charge in [0.15, 0.2) is 0 Å². The van der Waals surface area contributed by atoms with Crippen LogP contribution in [0.3, 0.4) is 0 Å². The van der Waals surface area contributed by atoms with E-state index in [4.69, 9.17) is 10.5 Å². The Morgan fingerprint density at radius 2 is 2.11 bits per heavy atom. The summed E-state index contributed by atoms with van der Waals surface area (Å²) in [4.78, 5) is 2.60. The maximum atomic E-state index is 6.51. The highest BCUT2D eigenvalue weighted by atomic mass is 16.5. The molecule has 1 aromatic rings. The van der Waals surface area contributed by atoms with Gasteiger partial charge in [-0.15, -0.1) is 0 Å². The minimum absolute atomic E-state index is 0.0856. The van der Waals surface area contributed by atoms with Crippen LogP contribution in [-0.4, -0.2) is 30.1 Å². The zero-order valence-electron chi connectivity index (χ0n) is 11.7. The molecule has 1 aromatic carbocycles. The SMILES string of the molecule is CCCCN(C1CC1)C1COc2ccccc2C1N. The van der Waals surface area contributed by atoms with Gasteiger partial charge in [-0.2, -0.15) is 0 Å². The first-order chi connectivity index (χ1) is 9.31. The van der Waals surface area contributed by atoms with Gasteiger partial charge in [0, 0.05) is 11.6 Å². The summed E-state index contributed by atoms with van der Waals surface area (Å²) in [6.45, 7) is 4.14. The quantitative estimate of drug-likeness (QED) is 0.884. The van der Waals surface area contributed by atoms with E-state index in [0.29, 0.717) is 6.04 Å². The zero-order valence-corrected chi connectivity index (χ0v) is 11.7. The van der Waals surface area contributed by atoms with Crippen molar-refractivity contribution < 1.29 is 4.74 Å². The van der Waals surface area contributed by atoms with E-state index in [2.05, 4.69) is 24.0 Å². The third-order valence-corrected chi connectivity index (χ3v) is 4.31. The highest BCUT2D eigenvalue weighted by Gasteiger charge is 2.39. The monoisotopic (exact) mass is 260 g/mol. The number of fused-ring (bicyclic) bond motifs is 1. The van der Waals surface area contributed by atoms with E-state index in [-0.39, 0.29) is 6.04 Å². The van der Waals surface area contributed by atoms with E-state index < -0.39 is 0 Å². The summed E-state index contributed by atoms with van der Waals surface area (Å²) in [6.07, 6.45) is 5.15. The van der Waals surface area contributed by atoms with Crippen molar-refractivity contribution in [2.45, 2.75) is 50.7 Å². The smallest absolute Gasteiger partial charge is 0.124 e. The van der Waals surface area contributed by atoms with E-state index in [1.165, 1.54) is 31.2 Å². The van der Waals surface area contributed by atoms with Crippen molar-refractivity contribution >= 4 is 0 Å². The van der Waals surface area contributed by atoms with Gasteiger partial charge in [-0.1, -0.05) is 31.5 Å². The van der Waals surface area contributed by atoms with Gasteiger partial charge >= 0.3 is 0 Å². The minimum atomic E-state index is 0.0856. The van der Waals surface area contributed by atoms with Crippen LogP contribution in [0.1, 0.15) is 44.2 Å². The molecule has 2 aliphatic rings. The third-order valence-electron chi connectivity index (χ3n) is 4.31. The van der Waals surface area contributed by atoms with Crippen molar-refractivity contribution in [2.75, 3.05) is 13.2 Å². The predicted molar refractivity (Wildman–Crippen MR) is 77.3 cm³/mol. The number of unbranched alkanes of at least 4 members (excludes halogenated alkanes) is 1. The fourth-order valence-electron chi connectivity index (χ4n) is 3.04. The van der Waals surface area contributed by atoms with Crippen molar-refractivity contribution in [2.24, 2.45) is 5.73 Å². The van der Waals surface area contributed by atoms with Crippen molar-refractivity contribution in [1.29, 1.82) is 0 Å². The number of ether oxygens (including phenoxy) is 1. The fourth-order valence-corrected chi connectivity index (χ4v) is 3.04. The Labute approximate surface area is 115 Å².